The molecule has 0 unspecified atom stereocenters. The number of carbonyl (C=O) groups is 1. The van der Waals surface area contributed by atoms with E-state index in [2.05, 4.69) is 10.6 Å². The summed E-state index contributed by atoms with van der Waals surface area (Å²) in [5, 5.41) is 6.36. The van der Waals surface area contributed by atoms with E-state index in [4.69, 9.17) is 19.2 Å². The van der Waals surface area contributed by atoms with E-state index < -0.39 is 6.04 Å². The molecule has 3 aromatic carbocycles. The third-order valence-electron chi connectivity index (χ3n) is 6.16. The summed E-state index contributed by atoms with van der Waals surface area (Å²) in [6.45, 7) is 1.87. The van der Waals surface area contributed by atoms with Gasteiger partial charge in [-0.3, -0.25) is 9.36 Å². The van der Waals surface area contributed by atoms with Gasteiger partial charge in [-0.1, -0.05) is 24.3 Å². The number of methoxy groups -OCH3 is 3. The second-order valence-corrected chi connectivity index (χ2v) is 8.12. The fraction of sp³-hybridized carbons (Fsp3) is 0.185. The Hall–Kier alpha value is -4.46. The van der Waals surface area contributed by atoms with Crippen LogP contribution in [-0.4, -0.2) is 36.8 Å². The molecule has 8 heteroatoms. The lowest BCUT2D eigenvalue weighted by molar-refractivity contribution is -0.113. The minimum Gasteiger partial charge on any atom is -0.497 e. The van der Waals surface area contributed by atoms with Crippen molar-refractivity contribution in [1.82, 2.24) is 9.55 Å². The van der Waals surface area contributed by atoms with Gasteiger partial charge in [0.25, 0.3) is 5.91 Å². The molecule has 2 N–H and O–H groups in total. The van der Waals surface area contributed by atoms with E-state index in [9.17, 15) is 4.79 Å². The van der Waals surface area contributed by atoms with Crippen molar-refractivity contribution in [1.29, 1.82) is 0 Å². The molecule has 0 spiro atoms. The van der Waals surface area contributed by atoms with E-state index in [1.54, 1.807) is 27.4 Å². The number of anilines is 2. The Morgan fingerprint density at radius 2 is 1.69 bits per heavy atom. The van der Waals surface area contributed by atoms with Gasteiger partial charge in [0, 0.05) is 11.3 Å². The summed E-state index contributed by atoms with van der Waals surface area (Å²) >= 11 is 0. The molecule has 1 aliphatic rings. The number of rotatable bonds is 6. The monoisotopic (exact) mass is 470 g/mol. The Labute approximate surface area is 203 Å². The molecule has 0 saturated heterocycles. The first-order valence-corrected chi connectivity index (χ1v) is 11.2. The highest BCUT2D eigenvalue weighted by atomic mass is 16.5. The van der Waals surface area contributed by atoms with Crippen molar-refractivity contribution in [2.24, 2.45) is 0 Å². The number of ether oxygens (including phenoxy) is 3. The van der Waals surface area contributed by atoms with Gasteiger partial charge in [-0.25, -0.2) is 4.98 Å². The van der Waals surface area contributed by atoms with Gasteiger partial charge in [-0.15, -0.1) is 0 Å². The van der Waals surface area contributed by atoms with Crippen molar-refractivity contribution in [2.45, 2.75) is 13.0 Å². The molecule has 1 atom stereocenters. The minimum atomic E-state index is -0.529. The molecule has 4 aromatic rings. The molecule has 178 valence electrons. The van der Waals surface area contributed by atoms with Gasteiger partial charge in [-0.2, -0.15) is 0 Å². The quantitative estimate of drug-likeness (QED) is 0.413. The largest absolute Gasteiger partial charge is 0.497 e. The van der Waals surface area contributed by atoms with Crippen molar-refractivity contribution in [3.05, 3.63) is 83.6 Å². The Morgan fingerprint density at radius 1 is 0.943 bits per heavy atom. The van der Waals surface area contributed by atoms with Crippen molar-refractivity contribution in [2.75, 3.05) is 32.0 Å². The van der Waals surface area contributed by atoms with Crippen LogP contribution in [0.3, 0.4) is 0 Å². The number of nitrogens with zero attached hydrogens (tertiary/aromatic N) is 2. The molecule has 8 nitrogen and oxygen atoms in total. The first-order valence-electron chi connectivity index (χ1n) is 11.2. The van der Waals surface area contributed by atoms with E-state index in [1.807, 2.05) is 72.2 Å². The van der Waals surface area contributed by atoms with Gasteiger partial charge in [0.2, 0.25) is 5.95 Å². The smallest absolute Gasteiger partial charge is 0.255 e. The van der Waals surface area contributed by atoms with Gasteiger partial charge in [0.15, 0.2) is 0 Å². The van der Waals surface area contributed by atoms with Crippen LogP contribution in [0.2, 0.25) is 0 Å². The molecule has 0 saturated carbocycles. The summed E-state index contributed by atoms with van der Waals surface area (Å²) in [4.78, 5) is 18.7. The second kappa shape index (κ2) is 9.06. The first-order chi connectivity index (χ1) is 17.0. The second-order valence-electron chi connectivity index (χ2n) is 8.12. The molecule has 1 amide bonds. The van der Waals surface area contributed by atoms with Gasteiger partial charge in [-0.05, 0) is 49.4 Å². The average Bonchev–Trinajstić information content (AvgIpc) is 3.25. The molecule has 5 rings (SSSR count). The van der Waals surface area contributed by atoms with E-state index in [0.717, 1.165) is 16.6 Å². The molecule has 0 aliphatic carbocycles. The van der Waals surface area contributed by atoms with E-state index in [-0.39, 0.29) is 5.91 Å². The third kappa shape index (κ3) is 3.82. The molecule has 0 fully saturated rings. The number of fused-ring (bicyclic) bond motifs is 3. The number of hydrogen-bond donors (Lipinski definition) is 2. The van der Waals surface area contributed by atoms with Crippen LogP contribution < -0.4 is 24.8 Å². The highest BCUT2D eigenvalue weighted by Gasteiger charge is 2.36. The highest BCUT2D eigenvalue weighted by Crippen LogP contribution is 2.43. The highest BCUT2D eigenvalue weighted by molar-refractivity contribution is 6.07. The van der Waals surface area contributed by atoms with E-state index in [1.165, 1.54) is 0 Å². The SMILES string of the molecule is COc1ccc(OC)c([C@H]2C(C(=O)Nc3ccccc3OC)=C(C)Nc3nc4ccccc4n32)c1. The lowest BCUT2D eigenvalue weighted by Crippen LogP contribution is -2.31. The Balaban J connectivity index is 1.72. The van der Waals surface area contributed by atoms with Crippen LogP contribution in [0.1, 0.15) is 18.5 Å². The average molecular weight is 471 g/mol. The Bertz CT molecular complexity index is 1460. The van der Waals surface area contributed by atoms with E-state index >= 15 is 0 Å². The van der Waals surface area contributed by atoms with Gasteiger partial charge in [0.1, 0.15) is 17.2 Å². The summed E-state index contributed by atoms with van der Waals surface area (Å²) < 4.78 is 18.7. The lowest BCUT2D eigenvalue weighted by atomic mass is 9.93. The Kier molecular flexibility index (Phi) is 5.78. The van der Waals surface area contributed by atoms with Crippen LogP contribution in [0.15, 0.2) is 78.0 Å². The minimum absolute atomic E-state index is 0.266. The number of imidazole rings is 1. The normalized spacial score (nSPS) is 14.8. The number of amides is 1. The number of hydrogen-bond acceptors (Lipinski definition) is 6. The summed E-state index contributed by atoms with van der Waals surface area (Å²) in [7, 11) is 4.80. The number of aromatic nitrogens is 2. The van der Waals surface area contributed by atoms with Crippen LogP contribution in [0.25, 0.3) is 11.0 Å². The maximum atomic E-state index is 13.9. The van der Waals surface area contributed by atoms with Gasteiger partial charge < -0.3 is 24.8 Å². The number of nitrogens with one attached hydrogen (secondary N) is 2. The predicted octanol–water partition coefficient (Wildman–Crippen LogP) is 4.99. The summed E-state index contributed by atoms with van der Waals surface area (Å²) in [5.41, 5.74) is 4.29. The zero-order valence-corrected chi connectivity index (χ0v) is 20.0. The lowest BCUT2D eigenvalue weighted by Gasteiger charge is -2.31. The van der Waals surface area contributed by atoms with E-state index in [0.29, 0.717) is 40.2 Å². The fourth-order valence-corrected chi connectivity index (χ4v) is 4.54. The molecular formula is C27H26N4O4. The molecule has 0 radical (unpaired) electrons. The van der Waals surface area contributed by atoms with Crippen LogP contribution in [0, 0.1) is 0 Å². The third-order valence-corrected chi connectivity index (χ3v) is 6.16. The molecule has 0 bridgehead atoms. The number of benzene rings is 3. The molecular weight excluding hydrogens is 444 g/mol. The van der Waals surface area contributed by atoms with Gasteiger partial charge in [0.05, 0.1) is 49.7 Å². The summed E-state index contributed by atoms with van der Waals surface area (Å²) in [5.74, 6) is 2.25. The standard InChI is InChI=1S/C27H26N4O4/c1-16-24(26(32)29-20-10-6-8-12-23(20)35-4)25(18-15-17(33-2)13-14-22(18)34-3)31-21-11-7-5-9-19(21)30-27(31)28-16/h5-15,25H,1-4H3,(H,28,30)(H,29,32)/t25-/m0/s1. The predicted molar refractivity (Wildman–Crippen MR) is 135 cm³/mol. The zero-order valence-electron chi connectivity index (χ0n) is 20.0. The fourth-order valence-electron chi connectivity index (χ4n) is 4.54. The number of para-hydroxylation sites is 4. The first kappa shape index (κ1) is 22.3. The molecule has 2 heterocycles. The molecule has 1 aromatic heterocycles. The number of allylic oxidation sites excluding steroid dienone is 1. The Morgan fingerprint density at radius 3 is 2.46 bits per heavy atom. The maximum Gasteiger partial charge on any atom is 0.255 e. The summed E-state index contributed by atoms with van der Waals surface area (Å²) in [6, 6.07) is 20.2. The van der Waals surface area contributed by atoms with Crippen molar-refractivity contribution >= 4 is 28.6 Å². The zero-order chi connectivity index (χ0) is 24.5. The van der Waals surface area contributed by atoms with Crippen LogP contribution >= 0.6 is 0 Å². The van der Waals surface area contributed by atoms with Crippen molar-refractivity contribution in [3.63, 3.8) is 0 Å². The molecule has 1 aliphatic heterocycles. The van der Waals surface area contributed by atoms with Crippen LogP contribution in [0.4, 0.5) is 11.6 Å². The topological polar surface area (TPSA) is 86.6 Å². The summed E-state index contributed by atoms with van der Waals surface area (Å²) in [6.07, 6.45) is 0. The van der Waals surface area contributed by atoms with Crippen LogP contribution in [0.5, 0.6) is 17.2 Å². The van der Waals surface area contributed by atoms with Crippen molar-refractivity contribution < 1.29 is 19.0 Å². The van der Waals surface area contributed by atoms with Gasteiger partial charge >= 0.3 is 0 Å². The van der Waals surface area contributed by atoms with Crippen LogP contribution in [-0.2, 0) is 4.79 Å². The number of carbonyl (C=O) groups excluding carboxylic acids is 1. The van der Waals surface area contributed by atoms with Crippen molar-refractivity contribution in [3.8, 4) is 17.2 Å². The molecule has 35 heavy (non-hydrogen) atoms. The maximum absolute atomic E-state index is 13.9.